The van der Waals surface area contributed by atoms with Crippen LogP contribution in [0.5, 0.6) is 0 Å². The Kier molecular flexibility index (Phi) is 9.09. The third-order valence-corrected chi connectivity index (χ3v) is 9.43. The van der Waals surface area contributed by atoms with Crippen molar-refractivity contribution in [3.63, 3.8) is 0 Å². The average Bonchev–Trinajstić information content (AvgIpc) is 3.51. The summed E-state index contributed by atoms with van der Waals surface area (Å²) in [5.74, 6) is 0.271. The minimum absolute atomic E-state index is 0.171. The van der Waals surface area contributed by atoms with E-state index in [1.807, 2.05) is 53.3 Å². The molecular formula is C31H30N4O5S2. The quantitative estimate of drug-likeness (QED) is 0.0941. The van der Waals surface area contributed by atoms with Gasteiger partial charge in [-0.1, -0.05) is 48.5 Å². The summed E-state index contributed by atoms with van der Waals surface area (Å²) >= 11 is 1.59. The number of nitro groups is 1. The van der Waals surface area contributed by atoms with Gasteiger partial charge in [0.2, 0.25) is 0 Å². The summed E-state index contributed by atoms with van der Waals surface area (Å²) in [5, 5.41) is 14.7. The smallest absolute Gasteiger partial charge is 0.293 e. The molecule has 0 radical (unpaired) electrons. The van der Waals surface area contributed by atoms with E-state index in [1.54, 1.807) is 36.0 Å². The average molecular weight is 603 g/mol. The molecule has 1 heterocycles. The van der Waals surface area contributed by atoms with Crippen LogP contribution in [0.3, 0.4) is 0 Å². The topological polar surface area (TPSA) is 122 Å². The Hall–Kier alpha value is -4.35. The van der Waals surface area contributed by atoms with Crippen LogP contribution >= 0.6 is 11.8 Å². The molecule has 4 aromatic rings. The number of rotatable bonds is 11. The van der Waals surface area contributed by atoms with Crippen LogP contribution in [0.2, 0.25) is 0 Å². The normalized spacial score (nSPS) is 14.9. The van der Waals surface area contributed by atoms with Crippen molar-refractivity contribution < 1.29 is 18.1 Å². The second-order valence-electron chi connectivity index (χ2n) is 9.85. The van der Waals surface area contributed by atoms with E-state index in [2.05, 4.69) is 22.3 Å². The molecule has 1 amide bonds. The van der Waals surface area contributed by atoms with Crippen molar-refractivity contribution in [2.75, 3.05) is 35.6 Å². The zero-order valence-corrected chi connectivity index (χ0v) is 24.3. The number of carbonyl (C=O) groups excluding carboxylic acids is 1. The summed E-state index contributed by atoms with van der Waals surface area (Å²) in [4.78, 5) is 26.8. The molecule has 11 heteroatoms. The molecule has 9 nitrogen and oxygen atoms in total. The van der Waals surface area contributed by atoms with Crippen LogP contribution in [0.4, 0.5) is 17.1 Å². The minimum Gasteiger partial charge on any atom is -0.379 e. The van der Waals surface area contributed by atoms with E-state index in [-0.39, 0.29) is 21.8 Å². The Morgan fingerprint density at radius 3 is 2.33 bits per heavy atom. The van der Waals surface area contributed by atoms with Gasteiger partial charge in [-0.15, -0.1) is 11.8 Å². The number of thioether (sulfide) groups is 1. The van der Waals surface area contributed by atoms with Gasteiger partial charge in [0.1, 0.15) is 5.69 Å². The Bertz CT molecular complexity index is 1650. The highest BCUT2D eigenvalue weighted by Crippen LogP contribution is 2.31. The molecule has 0 bridgehead atoms. The molecule has 1 unspecified atom stereocenters. The number of sulfonamides is 1. The number of nitrogens with one attached hydrogen (secondary N) is 2. The molecule has 1 aliphatic heterocycles. The maximum atomic E-state index is 13.0. The zero-order valence-electron chi connectivity index (χ0n) is 22.7. The van der Waals surface area contributed by atoms with E-state index in [9.17, 15) is 23.3 Å². The molecule has 2 N–H and O–H groups in total. The molecule has 0 spiro atoms. The monoisotopic (exact) mass is 602 g/mol. The van der Waals surface area contributed by atoms with Gasteiger partial charge in [-0.3, -0.25) is 14.9 Å². The van der Waals surface area contributed by atoms with Gasteiger partial charge in [-0.2, -0.15) is 0 Å². The highest BCUT2D eigenvalue weighted by molar-refractivity contribution is 7.99. The summed E-state index contributed by atoms with van der Waals surface area (Å²) in [7, 11) is -4.35. The van der Waals surface area contributed by atoms with Crippen LogP contribution in [-0.4, -0.2) is 44.6 Å². The first-order valence-electron chi connectivity index (χ1n) is 13.5. The van der Waals surface area contributed by atoms with Crippen molar-refractivity contribution >= 4 is 44.8 Å². The van der Waals surface area contributed by atoms with Crippen molar-refractivity contribution in [3.05, 3.63) is 124 Å². The third kappa shape index (κ3) is 7.10. The van der Waals surface area contributed by atoms with Crippen LogP contribution in [-0.2, 0) is 10.0 Å². The lowest BCUT2D eigenvalue weighted by molar-refractivity contribution is -0.384. The standard InChI is InChI=1S/C31H30N4O5S2/c36-31(24-11-13-26(14-12-24)34-19-17-25(22-34)23-7-3-1-4-8-23)33-42(39,40)28-15-16-29(30(21-28)35(37)38)32-18-20-41-27-9-5-2-6-10-27/h1-16,21,25,32H,17-20,22H2,(H,33,36). The minimum atomic E-state index is -4.35. The maximum absolute atomic E-state index is 13.0. The molecule has 1 saturated heterocycles. The molecule has 4 aromatic carbocycles. The highest BCUT2D eigenvalue weighted by Gasteiger charge is 2.26. The summed E-state index contributed by atoms with van der Waals surface area (Å²) in [6, 6.07) is 30.4. The molecule has 1 aliphatic rings. The zero-order chi connectivity index (χ0) is 29.5. The number of hydrogen-bond acceptors (Lipinski definition) is 8. The van der Waals surface area contributed by atoms with Gasteiger partial charge in [0.25, 0.3) is 21.6 Å². The lowest BCUT2D eigenvalue weighted by atomic mass is 9.99. The first kappa shape index (κ1) is 29.2. The third-order valence-electron chi connectivity index (χ3n) is 7.09. The van der Waals surface area contributed by atoms with Crippen LogP contribution in [0.1, 0.15) is 28.3 Å². The van der Waals surface area contributed by atoms with E-state index in [4.69, 9.17) is 0 Å². The van der Waals surface area contributed by atoms with Gasteiger partial charge >= 0.3 is 0 Å². The van der Waals surface area contributed by atoms with Crippen LogP contribution in [0, 0.1) is 10.1 Å². The molecule has 0 aliphatic carbocycles. The number of anilines is 2. The van der Waals surface area contributed by atoms with E-state index in [0.29, 0.717) is 18.2 Å². The van der Waals surface area contributed by atoms with Crippen LogP contribution in [0.25, 0.3) is 0 Å². The van der Waals surface area contributed by atoms with Gasteiger partial charge in [-0.25, -0.2) is 13.1 Å². The number of benzene rings is 4. The number of amides is 1. The highest BCUT2D eigenvalue weighted by atomic mass is 32.2. The Morgan fingerprint density at radius 1 is 0.952 bits per heavy atom. The van der Waals surface area contributed by atoms with Crippen molar-refractivity contribution in [1.82, 2.24) is 4.72 Å². The largest absolute Gasteiger partial charge is 0.379 e. The van der Waals surface area contributed by atoms with E-state index in [0.717, 1.165) is 36.2 Å². The molecule has 1 fully saturated rings. The SMILES string of the molecule is O=C(NS(=O)(=O)c1ccc(NCCSc2ccccc2)c([N+](=O)[O-])c1)c1ccc(N2CCC(c3ccccc3)C2)cc1. The molecule has 1 atom stereocenters. The lowest BCUT2D eigenvalue weighted by Crippen LogP contribution is -2.30. The Balaban J connectivity index is 1.20. The summed E-state index contributed by atoms with van der Waals surface area (Å²) in [5.41, 5.74) is 2.23. The second-order valence-corrected chi connectivity index (χ2v) is 12.7. The fraction of sp³-hybridized carbons (Fsp3) is 0.194. The van der Waals surface area contributed by atoms with Gasteiger partial charge in [0, 0.05) is 53.5 Å². The predicted molar refractivity (Wildman–Crippen MR) is 166 cm³/mol. The van der Waals surface area contributed by atoms with Crippen molar-refractivity contribution in [2.24, 2.45) is 0 Å². The van der Waals surface area contributed by atoms with E-state index >= 15 is 0 Å². The van der Waals surface area contributed by atoms with Gasteiger partial charge in [-0.05, 0) is 60.5 Å². The number of nitro benzene ring substituents is 1. The van der Waals surface area contributed by atoms with E-state index < -0.39 is 20.9 Å². The van der Waals surface area contributed by atoms with Crippen molar-refractivity contribution in [3.8, 4) is 0 Å². The Morgan fingerprint density at radius 2 is 1.64 bits per heavy atom. The number of nitrogens with zero attached hydrogens (tertiary/aromatic N) is 2. The predicted octanol–water partition coefficient (Wildman–Crippen LogP) is 5.91. The lowest BCUT2D eigenvalue weighted by Gasteiger charge is -2.19. The van der Waals surface area contributed by atoms with Crippen LogP contribution < -0.4 is 14.9 Å². The fourth-order valence-corrected chi connectivity index (χ4v) is 6.69. The first-order chi connectivity index (χ1) is 20.3. The summed E-state index contributed by atoms with van der Waals surface area (Å²) < 4.78 is 28.0. The fourth-order valence-electron chi connectivity index (χ4n) is 4.91. The molecule has 0 aromatic heterocycles. The van der Waals surface area contributed by atoms with Crippen LogP contribution in [0.15, 0.2) is 113 Å². The van der Waals surface area contributed by atoms with Crippen molar-refractivity contribution in [2.45, 2.75) is 22.1 Å². The number of hydrogen-bond donors (Lipinski definition) is 2. The van der Waals surface area contributed by atoms with Crippen molar-refractivity contribution in [1.29, 1.82) is 0 Å². The van der Waals surface area contributed by atoms with Gasteiger partial charge in [0.05, 0.1) is 9.82 Å². The molecular weight excluding hydrogens is 572 g/mol. The number of carbonyl (C=O) groups is 1. The molecule has 42 heavy (non-hydrogen) atoms. The summed E-state index contributed by atoms with van der Waals surface area (Å²) in [6.45, 7) is 2.18. The maximum Gasteiger partial charge on any atom is 0.293 e. The summed E-state index contributed by atoms with van der Waals surface area (Å²) in [6.07, 6.45) is 1.03. The molecule has 5 rings (SSSR count). The van der Waals surface area contributed by atoms with Gasteiger partial charge in [0.15, 0.2) is 0 Å². The molecule has 216 valence electrons. The van der Waals surface area contributed by atoms with Gasteiger partial charge < -0.3 is 10.2 Å². The molecule has 0 saturated carbocycles. The first-order valence-corrected chi connectivity index (χ1v) is 15.9. The Labute approximate surface area is 249 Å². The van der Waals surface area contributed by atoms with E-state index in [1.165, 1.54) is 17.7 Å². The second kappa shape index (κ2) is 13.1.